The zero-order valence-electron chi connectivity index (χ0n) is 20.8. The smallest absolute Gasteiger partial charge is 0.119 e. The number of thioether (sulfide) groups is 8. The molecule has 0 aliphatic carbocycles. The molecular weight excluding hydrogens is 629 g/mol. The van der Waals surface area contributed by atoms with Gasteiger partial charge in [-0.1, -0.05) is 47.0 Å². The normalized spacial score (nSPS) is 19.3. The molecule has 5 aliphatic rings. The van der Waals surface area contributed by atoms with Crippen LogP contribution in [-0.4, -0.2) is 37.2 Å². The molecule has 2 aromatic carbocycles. The van der Waals surface area contributed by atoms with E-state index in [0.29, 0.717) is 13.2 Å². The Bertz CT molecular complexity index is 1150. The van der Waals surface area contributed by atoms with Gasteiger partial charge in [-0.3, -0.25) is 0 Å². The summed E-state index contributed by atoms with van der Waals surface area (Å²) in [5.74, 6) is 3.79. The Labute approximate surface area is 258 Å². The van der Waals surface area contributed by atoms with Crippen molar-refractivity contribution < 1.29 is 9.47 Å². The minimum absolute atomic E-state index is 0.697. The standard InChI is InChI=1S/C26H26N2O2S8/c1-31-21-22(32-2)36-25(35-21)26-37-23-24(38-26)34-16-4-14-30-20-11-7-18(8-12-20)28-27-17-5-9-19(10-6-17)29-13-3-15-33-23/h5-12H,3-4,13-16H2,1-2H3. The van der Waals surface area contributed by atoms with Crippen LogP contribution in [0.15, 0.2) is 84.2 Å². The summed E-state index contributed by atoms with van der Waals surface area (Å²) < 4.78 is 20.6. The molecule has 0 radical (unpaired) electrons. The molecule has 0 atom stereocenters. The number of benzene rings is 2. The zero-order chi connectivity index (χ0) is 26.2. The summed E-state index contributed by atoms with van der Waals surface area (Å²) in [4.78, 5) is 0. The minimum Gasteiger partial charge on any atom is -0.494 e. The second-order valence-corrected chi connectivity index (χ2v) is 17.3. The van der Waals surface area contributed by atoms with Gasteiger partial charge >= 0.3 is 0 Å². The number of fused-ring (bicyclic) bond motifs is 2. The van der Waals surface area contributed by atoms with Gasteiger partial charge in [0.05, 0.1) is 50.0 Å². The Kier molecular flexibility index (Phi) is 11.5. The van der Waals surface area contributed by atoms with Crippen LogP contribution >= 0.6 is 94.1 Å². The van der Waals surface area contributed by atoms with Gasteiger partial charge in [-0.15, -0.1) is 47.0 Å². The van der Waals surface area contributed by atoms with E-state index in [4.69, 9.17) is 9.47 Å². The SMILES string of the molecule is CSC1=C(SC)SC(=C2SC3=C(SCCCOc4ccc(cc4)N=Nc4ccc(cc4)OCCCS3)S2)S1. The first-order chi connectivity index (χ1) is 18.7. The lowest BCUT2D eigenvalue weighted by Gasteiger charge is -2.08. The first-order valence-corrected chi connectivity index (χ1v) is 19.6. The van der Waals surface area contributed by atoms with Crippen molar-refractivity contribution in [1.82, 2.24) is 0 Å². The lowest BCUT2D eigenvalue weighted by molar-refractivity contribution is 0.318. The molecule has 7 rings (SSSR count). The van der Waals surface area contributed by atoms with E-state index >= 15 is 0 Å². The molecule has 5 heterocycles. The highest BCUT2D eigenvalue weighted by molar-refractivity contribution is 8.45. The molecule has 4 nitrogen and oxygen atoms in total. The van der Waals surface area contributed by atoms with E-state index in [0.717, 1.165) is 47.2 Å². The lowest BCUT2D eigenvalue weighted by atomic mass is 10.3. The molecule has 12 heteroatoms. The van der Waals surface area contributed by atoms with Gasteiger partial charge in [-0.2, -0.15) is 10.2 Å². The fourth-order valence-electron chi connectivity index (χ4n) is 3.30. The van der Waals surface area contributed by atoms with E-state index in [2.05, 4.69) is 22.7 Å². The van der Waals surface area contributed by atoms with Gasteiger partial charge in [0.25, 0.3) is 0 Å². The van der Waals surface area contributed by atoms with Gasteiger partial charge in [-0.05, 0) is 73.9 Å². The molecule has 0 saturated heterocycles. The predicted octanol–water partition coefficient (Wildman–Crippen LogP) is 11.2. The number of hydrogen-bond donors (Lipinski definition) is 0. The quantitative estimate of drug-likeness (QED) is 0.312. The maximum Gasteiger partial charge on any atom is 0.119 e. The van der Waals surface area contributed by atoms with Gasteiger partial charge in [0.2, 0.25) is 0 Å². The second kappa shape index (κ2) is 15.0. The summed E-state index contributed by atoms with van der Waals surface area (Å²) >= 11 is 15.4. The van der Waals surface area contributed by atoms with Gasteiger partial charge < -0.3 is 9.47 Å². The Hall–Kier alpha value is -0.340. The third kappa shape index (κ3) is 8.11. The molecular formula is C26H26N2O2S8. The summed E-state index contributed by atoms with van der Waals surface area (Å²) in [6.07, 6.45) is 6.33. The Morgan fingerprint density at radius 1 is 0.579 bits per heavy atom. The number of ether oxygens (including phenoxy) is 2. The third-order valence-corrected chi connectivity index (χ3v) is 16.6. The fraction of sp³-hybridized carbons (Fsp3) is 0.308. The molecule has 0 fully saturated rings. The summed E-state index contributed by atoms with van der Waals surface area (Å²) in [7, 11) is 0. The van der Waals surface area contributed by atoms with Crippen molar-refractivity contribution in [1.29, 1.82) is 0 Å². The summed E-state index contributed by atoms with van der Waals surface area (Å²) in [6.45, 7) is 1.39. The number of azo groups is 1. The zero-order valence-corrected chi connectivity index (χ0v) is 27.4. The molecule has 0 spiro atoms. The van der Waals surface area contributed by atoms with Crippen molar-refractivity contribution in [3.8, 4) is 11.5 Å². The number of hydrogen-bond acceptors (Lipinski definition) is 12. The molecule has 4 bridgehead atoms. The van der Waals surface area contributed by atoms with Crippen molar-refractivity contribution in [2.45, 2.75) is 12.8 Å². The molecule has 0 saturated carbocycles. The van der Waals surface area contributed by atoms with Crippen molar-refractivity contribution in [3.05, 3.63) is 74.0 Å². The fourth-order valence-corrected chi connectivity index (χ4v) is 14.4. The second-order valence-electron chi connectivity index (χ2n) is 7.83. The minimum atomic E-state index is 0.697. The largest absolute Gasteiger partial charge is 0.494 e. The highest BCUT2D eigenvalue weighted by atomic mass is 32.3. The Balaban J connectivity index is 1.27. The Morgan fingerprint density at radius 2 is 1.00 bits per heavy atom. The highest BCUT2D eigenvalue weighted by Gasteiger charge is 2.30. The van der Waals surface area contributed by atoms with Crippen LogP contribution in [0, 0.1) is 0 Å². The van der Waals surface area contributed by atoms with E-state index in [1.165, 1.54) is 25.4 Å². The van der Waals surface area contributed by atoms with Crippen LogP contribution in [0.3, 0.4) is 0 Å². The van der Waals surface area contributed by atoms with Crippen LogP contribution < -0.4 is 9.47 Å². The average Bonchev–Trinajstić information content (AvgIpc) is 3.56. The van der Waals surface area contributed by atoms with Gasteiger partial charge in [0.15, 0.2) is 0 Å². The van der Waals surface area contributed by atoms with Crippen LogP contribution in [-0.2, 0) is 0 Å². The van der Waals surface area contributed by atoms with E-state index in [1.807, 2.05) is 143 Å². The van der Waals surface area contributed by atoms with Gasteiger partial charge in [0.1, 0.15) is 11.5 Å². The van der Waals surface area contributed by atoms with E-state index in [9.17, 15) is 0 Å². The van der Waals surface area contributed by atoms with E-state index < -0.39 is 0 Å². The van der Waals surface area contributed by atoms with E-state index in [1.54, 1.807) is 0 Å². The average molecular weight is 655 g/mol. The first kappa shape index (κ1) is 29.2. The van der Waals surface area contributed by atoms with Crippen molar-refractivity contribution in [3.63, 3.8) is 0 Å². The van der Waals surface area contributed by atoms with Crippen LogP contribution in [0.5, 0.6) is 11.5 Å². The first-order valence-electron chi connectivity index (χ1n) is 11.9. The lowest BCUT2D eigenvalue weighted by Crippen LogP contribution is -1.99. The van der Waals surface area contributed by atoms with Crippen LogP contribution in [0.1, 0.15) is 12.8 Å². The van der Waals surface area contributed by atoms with Crippen molar-refractivity contribution in [2.75, 3.05) is 37.2 Å². The maximum absolute atomic E-state index is 5.99. The Morgan fingerprint density at radius 3 is 1.42 bits per heavy atom. The van der Waals surface area contributed by atoms with E-state index in [-0.39, 0.29) is 0 Å². The summed E-state index contributed by atoms with van der Waals surface area (Å²) in [6, 6.07) is 15.6. The molecule has 200 valence electrons. The monoisotopic (exact) mass is 654 g/mol. The third-order valence-electron chi connectivity index (χ3n) is 5.15. The molecule has 0 aromatic heterocycles. The van der Waals surface area contributed by atoms with Gasteiger partial charge in [0, 0.05) is 11.5 Å². The molecule has 0 amide bonds. The predicted molar refractivity (Wildman–Crippen MR) is 181 cm³/mol. The summed E-state index contributed by atoms with van der Waals surface area (Å²) in [5.41, 5.74) is 1.60. The van der Waals surface area contributed by atoms with Gasteiger partial charge in [-0.25, -0.2) is 0 Å². The maximum atomic E-state index is 5.99. The van der Waals surface area contributed by atoms with Crippen LogP contribution in [0.25, 0.3) is 0 Å². The summed E-state index contributed by atoms with van der Waals surface area (Å²) in [5, 5.41) is 8.67. The highest BCUT2D eigenvalue weighted by Crippen LogP contribution is 2.65. The number of nitrogens with zero attached hydrogens (tertiary/aromatic N) is 2. The van der Waals surface area contributed by atoms with Crippen LogP contribution in [0.2, 0.25) is 0 Å². The van der Waals surface area contributed by atoms with Crippen LogP contribution in [0.4, 0.5) is 11.4 Å². The topological polar surface area (TPSA) is 43.2 Å². The molecule has 38 heavy (non-hydrogen) atoms. The molecule has 5 aliphatic heterocycles. The number of rotatable bonds is 2. The molecule has 2 aromatic rings. The van der Waals surface area contributed by atoms with Crippen molar-refractivity contribution >= 4 is 105 Å². The molecule has 0 N–H and O–H groups in total. The van der Waals surface area contributed by atoms with Crippen molar-refractivity contribution in [2.24, 2.45) is 10.2 Å². The molecule has 0 unspecified atom stereocenters.